The van der Waals surface area contributed by atoms with E-state index in [1.54, 1.807) is 7.11 Å². The maximum absolute atomic E-state index is 12.2. The molecule has 0 aliphatic heterocycles. The van der Waals surface area contributed by atoms with Crippen molar-refractivity contribution in [2.24, 2.45) is 0 Å². The van der Waals surface area contributed by atoms with Crippen molar-refractivity contribution in [3.05, 3.63) is 35.3 Å². The van der Waals surface area contributed by atoms with Gasteiger partial charge in [0.25, 0.3) is 0 Å². The number of thiazole rings is 1. The molecule has 0 bridgehead atoms. The maximum Gasteiger partial charge on any atom is 0.226 e. The Bertz CT molecular complexity index is 676. The van der Waals surface area contributed by atoms with Crippen molar-refractivity contribution in [3.63, 3.8) is 0 Å². The van der Waals surface area contributed by atoms with E-state index in [9.17, 15) is 9.90 Å². The van der Waals surface area contributed by atoms with E-state index >= 15 is 0 Å². The molecule has 128 valence electrons. The van der Waals surface area contributed by atoms with Crippen LogP contribution in [0.2, 0.25) is 0 Å². The van der Waals surface area contributed by atoms with Gasteiger partial charge in [-0.25, -0.2) is 4.98 Å². The van der Waals surface area contributed by atoms with Gasteiger partial charge in [0, 0.05) is 17.0 Å². The van der Waals surface area contributed by atoms with E-state index in [0.29, 0.717) is 6.42 Å². The number of methoxy groups -OCH3 is 1. The van der Waals surface area contributed by atoms with Crippen LogP contribution in [-0.4, -0.2) is 35.3 Å². The van der Waals surface area contributed by atoms with Gasteiger partial charge in [0.1, 0.15) is 10.8 Å². The molecule has 1 heterocycles. The van der Waals surface area contributed by atoms with Gasteiger partial charge >= 0.3 is 0 Å². The molecule has 2 aromatic rings. The van der Waals surface area contributed by atoms with Crippen molar-refractivity contribution in [1.82, 2.24) is 10.3 Å². The number of amides is 1. The second kappa shape index (κ2) is 7.77. The summed E-state index contributed by atoms with van der Waals surface area (Å²) >= 11 is 1.54. The number of rotatable bonds is 5. The summed E-state index contributed by atoms with van der Waals surface area (Å²) in [6, 6.07) is 7.92. The minimum Gasteiger partial charge on any atom is -0.497 e. The summed E-state index contributed by atoms with van der Waals surface area (Å²) in [7, 11) is 1.64. The highest BCUT2D eigenvalue weighted by Gasteiger charge is 2.21. The molecular weight excluding hydrogens is 324 g/mol. The zero-order valence-corrected chi connectivity index (χ0v) is 14.5. The molecule has 5 nitrogen and oxygen atoms in total. The molecular formula is C18H22N2O3S. The molecule has 1 aliphatic carbocycles. The van der Waals surface area contributed by atoms with Gasteiger partial charge in [0.15, 0.2) is 0 Å². The summed E-state index contributed by atoms with van der Waals surface area (Å²) in [5.41, 5.74) is 1.81. The van der Waals surface area contributed by atoms with Crippen LogP contribution < -0.4 is 10.1 Å². The van der Waals surface area contributed by atoms with Crippen LogP contribution in [0.25, 0.3) is 10.6 Å². The lowest BCUT2D eigenvalue weighted by Crippen LogP contribution is -2.39. The SMILES string of the molecule is COc1ccc(-c2nc(CC(=O)NC3CCC(O)CC3)cs2)cc1. The van der Waals surface area contributed by atoms with E-state index in [0.717, 1.165) is 47.7 Å². The van der Waals surface area contributed by atoms with Crippen molar-refractivity contribution in [2.75, 3.05) is 7.11 Å². The van der Waals surface area contributed by atoms with E-state index < -0.39 is 0 Å². The number of aromatic nitrogens is 1. The maximum atomic E-state index is 12.2. The van der Waals surface area contributed by atoms with Crippen LogP contribution in [0.5, 0.6) is 5.75 Å². The number of benzene rings is 1. The van der Waals surface area contributed by atoms with Crippen LogP contribution in [0, 0.1) is 0 Å². The minimum atomic E-state index is -0.205. The topological polar surface area (TPSA) is 71.5 Å². The highest BCUT2D eigenvalue weighted by molar-refractivity contribution is 7.13. The first-order valence-electron chi connectivity index (χ1n) is 8.20. The van der Waals surface area contributed by atoms with Gasteiger partial charge in [-0.2, -0.15) is 0 Å². The summed E-state index contributed by atoms with van der Waals surface area (Å²) in [5, 5.41) is 15.4. The quantitative estimate of drug-likeness (QED) is 0.873. The third-order valence-electron chi connectivity index (χ3n) is 4.29. The lowest BCUT2D eigenvalue weighted by Gasteiger charge is -2.26. The Labute approximate surface area is 145 Å². The Morgan fingerprint density at radius 2 is 2.00 bits per heavy atom. The molecule has 0 saturated heterocycles. The Morgan fingerprint density at radius 1 is 1.29 bits per heavy atom. The summed E-state index contributed by atoms with van der Waals surface area (Å²) in [6.07, 6.45) is 3.32. The number of hydrogen-bond donors (Lipinski definition) is 2. The lowest BCUT2D eigenvalue weighted by molar-refractivity contribution is -0.121. The molecule has 1 fully saturated rings. The normalized spacial score (nSPS) is 20.6. The summed E-state index contributed by atoms with van der Waals surface area (Å²) in [5.74, 6) is 0.815. The van der Waals surface area contributed by atoms with E-state index in [2.05, 4.69) is 10.3 Å². The van der Waals surface area contributed by atoms with Crippen LogP contribution in [0.4, 0.5) is 0 Å². The summed E-state index contributed by atoms with van der Waals surface area (Å²) in [4.78, 5) is 16.7. The fraction of sp³-hybridized carbons (Fsp3) is 0.444. The first-order valence-corrected chi connectivity index (χ1v) is 9.08. The highest BCUT2D eigenvalue weighted by Crippen LogP contribution is 2.26. The lowest BCUT2D eigenvalue weighted by atomic mass is 9.93. The summed E-state index contributed by atoms with van der Waals surface area (Å²) < 4.78 is 5.16. The van der Waals surface area contributed by atoms with E-state index in [-0.39, 0.29) is 18.1 Å². The highest BCUT2D eigenvalue weighted by atomic mass is 32.1. The molecule has 2 N–H and O–H groups in total. The first kappa shape index (κ1) is 16.9. The van der Waals surface area contributed by atoms with Crippen LogP contribution >= 0.6 is 11.3 Å². The molecule has 1 saturated carbocycles. The molecule has 0 radical (unpaired) electrons. The van der Waals surface area contributed by atoms with E-state index in [1.807, 2.05) is 29.6 Å². The molecule has 1 aromatic heterocycles. The van der Waals surface area contributed by atoms with Crippen molar-refractivity contribution in [1.29, 1.82) is 0 Å². The van der Waals surface area contributed by atoms with Crippen molar-refractivity contribution in [3.8, 4) is 16.3 Å². The molecule has 1 aliphatic rings. The predicted octanol–water partition coefficient (Wildman–Crippen LogP) is 2.78. The minimum absolute atomic E-state index is 0.00275. The van der Waals surface area contributed by atoms with Crippen LogP contribution in [0.3, 0.4) is 0 Å². The van der Waals surface area contributed by atoms with Gasteiger partial charge in [0.05, 0.1) is 25.3 Å². The molecule has 0 atom stereocenters. The molecule has 1 amide bonds. The van der Waals surface area contributed by atoms with Gasteiger partial charge in [-0.05, 0) is 49.9 Å². The Hall–Kier alpha value is -1.92. The average molecular weight is 346 g/mol. The van der Waals surface area contributed by atoms with Crippen molar-refractivity contribution in [2.45, 2.75) is 44.2 Å². The van der Waals surface area contributed by atoms with Gasteiger partial charge in [-0.3, -0.25) is 4.79 Å². The van der Waals surface area contributed by atoms with Crippen LogP contribution in [-0.2, 0) is 11.2 Å². The zero-order chi connectivity index (χ0) is 16.9. The molecule has 6 heteroatoms. The Balaban J connectivity index is 1.56. The van der Waals surface area contributed by atoms with Gasteiger partial charge < -0.3 is 15.2 Å². The first-order chi connectivity index (χ1) is 11.6. The third-order valence-corrected chi connectivity index (χ3v) is 5.23. The molecule has 0 unspecified atom stereocenters. The Kier molecular flexibility index (Phi) is 5.48. The zero-order valence-electron chi connectivity index (χ0n) is 13.7. The van der Waals surface area contributed by atoms with Crippen molar-refractivity contribution >= 4 is 17.2 Å². The standard InChI is InChI=1S/C18H22N2O3S/c1-23-16-8-2-12(3-9-16)18-20-14(11-24-18)10-17(22)19-13-4-6-15(21)7-5-13/h2-3,8-9,11,13,15,21H,4-7,10H2,1H3,(H,19,22). The van der Waals surface area contributed by atoms with Crippen LogP contribution in [0.15, 0.2) is 29.6 Å². The predicted molar refractivity (Wildman–Crippen MR) is 94.2 cm³/mol. The van der Waals surface area contributed by atoms with Gasteiger partial charge in [0.2, 0.25) is 5.91 Å². The van der Waals surface area contributed by atoms with Crippen LogP contribution in [0.1, 0.15) is 31.4 Å². The Morgan fingerprint density at radius 3 is 2.67 bits per heavy atom. The largest absolute Gasteiger partial charge is 0.497 e. The third kappa shape index (κ3) is 4.33. The average Bonchev–Trinajstić information content (AvgIpc) is 3.05. The van der Waals surface area contributed by atoms with Gasteiger partial charge in [-0.1, -0.05) is 0 Å². The van der Waals surface area contributed by atoms with Crippen molar-refractivity contribution < 1.29 is 14.6 Å². The number of nitrogens with zero attached hydrogens (tertiary/aromatic N) is 1. The molecule has 24 heavy (non-hydrogen) atoms. The molecule has 1 aromatic carbocycles. The number of hydrogen-bond acceptors (Lipinski definition) is 5. The molecule has 0 spiro atoms. The number of carbonyl (C=O) groups is 1. The fourth-order valence-electron chi connectivity index (χ4n) is 2.92. The fourth-order valence-corrected chi connectivity index (χ4v) is 3.74. The van der Waals surface area contributed by atoms with Gasteiger partial charge in [-0.15, -0.1) is 11.3 Å². The van der Waals surface area contributed by atoms with E-state index in [1.165, 1.54) is 11.3 Å². The second-order valence-corrected chi connectivity index (χ2v) is 6.98. The molecule has 3 rings (SSSR count). The number of carbonyl (C=O) groups excluding carboxylic acids is 1. The number of aliphatic hydroxyl groups excluding tert-OH is 1. The monoisotopic (exact) mass is 346 g/mol. The number of ether oxygens (including phenoxy) is 1. The number of aliphatic hydroxyl groups is 1. The second-order valence-electron chi connectivity index (χ2n) is 6.12. The van der Waals surface area contributed by atoms with E-state index in [4.69, 9.17) is 4.74 Å². The number of nitrogens with one attached hydrogen (secondary N) is 1. The summed E-state index contributed by atoms with van der Waals surface area (Å²) in [6.45, 7) is 0. The smallest absolute Gasteiger partial charge is 0.226 e.